The van der Waals surface area contributed by atoms with Crippen LogP contribution in [0.15, 0.2) is 54.9 Å². The van der Waals surface area contributed by atoms with Crippen molar-refractivity contribution in [3.05, 3.63) is 77.8 Å². The van der Waals surface area contributed by atoms with E-state index in [-0.39, 0.29) is 25.3 Å². The standard InChI is InChI=1S/C33H41F2N5O7S/c1-3-28(27-9-7-25(22-37-27)46-30-6-4-5-15-36-30)47-29-10-8-26(31(34)32(29)35)33(41)38-48(42,43)40-18-13-24(14-19-40)45-23-11-16-39(17-12-23)20-21-44-2/h4-10,15,22-24,28H,3,11-14,16-21H2,1-2H3,(H,38,41)/t28-/m1/s1. The Morgan fingerprint density at radius 2 is 1.71 bits per heavy atom. The van der Waals surface area contributed by atoms with Gasteiger partial charge in [0.1, 0.15) is 11.9 Å². The molecule has 2 aromatic heterocycles. The van der Waals surface area contributed by atoms with E-state index in [1.165, 1.54) is 6.20 Å². The topological polar surface area (TPSA) is 132 Å². The van der Waals surface area contributed by atoms with Crippen LogP contribution in [-0.2, 0) is 19.7 Å². The summed E-state index contributed by atoms with van der Waals surface area (Å²) in [7, 11) is -2.62. The minimum atomic E-state index is -4.31. The van der Waals surface area contributed by atoms with Crippen LogP contribution in [0.1, 0.15) is 61.2 Å². The number of benzene rings is 1. The smallest absolute Gasteiger partial charge is 0.304 e. The van der Waals surface area contributed by atoms with Gasteiger partial charge in [-0.2, -0.15) is 17.1 Å². The molecule has 0 aliphatic carbocycles. The first-order valence-corrected chi connectivity index (χ1v) is 17.5. The molecular formula is C33H41F2N5O7S. The second-order valence-corrected chi connectivity index (χ2v) is 13.3. The first-order chi connectivity index (χ1) is 23.2. The Labute approximate surface area is 279 Å². The number of hydrogen-bond acceptors (Lipinski definition) is 10. The van der Waals surface area contributed by atoms with E-state index < -0.39 is 45.2 Å². The Hall–Kier alpha value is -3.76. The molecule has 260 valence electrons. The van der Waals surface area contributed by atoms with Crippen LogP contribution in [0.3, 0.4) is 0 Å². The van der Waals surface area contributed by atoms with Gasteiger partial charge in [-0.1, -0.05) is 13.0 Å². The summed E-state index contributed by atoms with van der Waals surface area (Å²) in [5.41, 5.74) is -0.322. The van der Waals surface area contributed by atoms with E-state index in [9.17, 15) is 13.2 Å². The van der Waals surface area contributed by atoms with Gasteiger partial charge in [0.2, 0.25) is 11.7 Å². The van der Waals surface area contributed by atoms with Crippen LogP contribution in [0, 0.1) is 11.6 Å². The lowest BCUT2D eigenvalue weighted by Gasteiger charge is -2.36. The fourth-order valence-electron chi connectivity index (χ4n) is 5.68. The highest BCUT2D eigenvalue weighted by Crippen LogP contribution is 2.30. The van der Waals surface area contributed by atoms with Crippen molar-refractivity contribution in [2.24, 2.45) is 0 Å². The first-order valence-electron chi connectivity index (χ1n) is 16.0. The van der Waals surface area contributed by atoms with Crippen molar-refractivity contribution < 1.29 is 40.9 Å². The Morgan fingerprint density at radius 3 is 2.33 bits per heavy atom. The van der Waals surface area contributed by atoms with Gasteiger partial charge in [-0.05, 0) is 62.4 Å². The Morgan fingerprint density at radius 1 is 0.979 bits per heavy atom. The summed E-state index contributed by atoms with van der Waals surface area (Å²) in [6.45, 7) is 5.47. The minimum Gasteiger partial charge on any atom is -0.481 e. The number of likely N-dealkylation sites (tertiary alicyclic amines) is 1. The maximum Gasteiger partial charge on any atom is 0.304 e. The normalized spacial score (nSPS) is 17.6. The van der Waals surface area contributed by atoms with Crippen LogP contribution in [0.4, 0.5) is 8.78 Å². The van der Waals surface area contributed by atoms with Crippen molar-refractivity contribution in [1.82, 2.24) is 23.9 Å². The highest BCUT2D eigenvalue weighted by atomic mass is 32.2. The van der Waals surface area contributed by atoms with Crippen LogP contribution < -0.4 is 14.2 Å². The van der Waals surface area contributed by atoms with Crippen molar-refractivity contribution in [1.29, 1.82) is 0 Å². The van der Waals surface area contributed by atoms with Crippen LogP contribution in [-0.4, -0.2) is 92.1 Å². The second kappa shape index (κ2) is 16.6. The van der Waals surface area contributed by atoms with E-state index in [1.807, 2.05) is 4.72 Å². The van der Waals surface area contributed by atoms with Crippen molar-refractivity contribution in [2.45, 2.75) is 57.3 Å². The Kier molecular flexibility index (Phi) is 12.3. The Bertz CT molecular complexity index is 1600. The van der Waals surface area contributed by atoms with E-state index in [1.54, 1.807) is 50.6 Å². The first kappa shape index (κ1) is 35.5. The third kappa shape index (κ3) is 9.23. The monoisotopic (exact) mass is 689 g/mol. The molecule has 2 saturated heterocycles. The zero-order chi connectivity index (χ0) is 34.1. The summed E-state index contributed by atoms with van der Waals surface area (Å²) in [5.74, 6) is -3.86. The molecule has 15 heteroatoms. The number of carbonyl (C=O) groups excluding carboxylic acids is 1. The number of piperidine rings is 2. The predicted octanol–water partition coefficient (Wildman–Crippen LogP) is 4.64. The number of nitrogens with zero attached hydrogens (tertiary/aromatic N) is 4. The zero-order valence-corrected chi connectivity index (χ0v) is 27.8. The minimum absolute atomic E-state index is 0.0956. The number of pyridine rings is 2. The van der Waals surface area contributed by atoms with E-state index >= 15 is 8.78 Å². The lowest BCUT2D eigenvalue weighted by molar-refractivity contribution is -0.0601. The molecule has 0 bridgehead atoms. The predicted molar refractivity (Wildman–Crippen MR) is 172 cm³/mol. The third-order valence-corrected chi connectivity index (χ3v) is 9.86. The van der Waals surface area contributed by atoms with Crippen LogP contribution in [0.5, 0.6) is 17.4 Å². The van der Waals surface area contributed by atoms with Crippen LogP contribution in [0.25, 0.3) is 0 Å². The van der Waals surface area contributed by atoms with Crippen molar-refractivity contribution >= 4 is 16.1 Å². The van der Waals surface area contributed by atoms with Gasteiger partial charge in [0.05, 0.1) is 36.3 Å². The average Bonchev–Trinajstić information content (AvgIpc) is 3.09. The SMILES string of the molecule is CC[C@@H](Oc1ccc(C(=O)NS(=O)(=O)N2CCC(OC3CCN(CCOC)CC3)CC2)c(F)c1F)c1ccc(Oc2ccccn2)cn1. The number of halogens is 2. The lowest BCUT2D eigenvalue weighted by Crippen LogP contribution is -2.49. The molecule has 1 atom stereocenters. The van der Waals surface area contributed by atoms with Gasteiger partial charge >= 0.3 is 10.2 Å². The lowest BCUT2D eigenvalue weighted by atomic mass is 10.1. The number of amides is 1. The Balaban J connectivity index is 1.13. The van der Waals surface area contributed by atoms with Crippen LogP contribution in [0.2, 0.25) is 0 Å². The number of rotatable bonds is 14. The maximum atomic E-state index is 15.1. The van der Waals surface area contributed by atoms with E-state index in [4.69, 9.17) is 18.9 Å². The van der Waals surface area contributed by atoms with Gasteiger partial charge in [0.15, 0.2) is 11.6 Å². The summed E-state index contributed by atoms with van der Waals surface area (Å²) in [6, 6.07) is 10.6. The van der Waals surface area contributed by atoms with Crippen LogP contribution >= 0.6 is 0 Å². The molecule has 0 unspecified atom stereocenters. The molecule has 5 rings (SSSR count). The largest absolute Gasteiger partial charge is 0.481 e. The molecule has 0 spiro atoms. The fourth-order valence-corrected chi connectivity index (χ4v) is 6.85. The summed E-state index contributed by atoms with van der Waals surface area (Å²) >= 11 is 0. The molecule has 4 heterocycles. The second-order valence-electron chi connectivity index (χ2n) is 11.6. The number of nitrogens with one attached hydrogen (secondary N) is 1. The number of hydrogen-bond donors (Lipinski definition) is 1. The molecule has 1 aromatic carbocycles. The van der Waals surface area contributed by atoms with E-state index in [0.717, 1.165) is 48.9 Å². The third-order valence-electron chi connectivity index (χ3n) is 8.37. The molecule has 1 amide bonds. The van der Waals surface area contributed by atoms with Crippen molar-refractivity contribution in [3.8, 4) is 17.4 Å². The summed E-state index contributed by atoms with van der Waals surface area (Å²) in [5, 5.41) is 0. The fraction of sp³-hybridized carbons (Fsp3) is 0.485. The number of carbonyl (C=O) groups is 1. The summed E-state index contributed by atoms with van der Waals surface area (Å²) in [6.07, 6.45) is 5.41. The van der Waals surface area contributed by atoms with E-state index in [0.29, 0.717) is 43.2 Å². The highest BCUT2D eigenvalue weighted by molar-refractivity contribution is 7.87. The molecule has 0 saturated carbocycles. The number of ether oxygens (including phenoxy) is 4. The summed E-state index contributed by atoms with van der Waals surface area (Å²) in [4.78, 5) is 23.6. The number of methoxy groups -OCH3 is 1. The average molecular weight is 690 g/mol. The highest BCUT2D eigenvalue weighted by Gasteiger charge is 2.33. The zero-order valence-electron chi connectivity index (χ0n) is 27.0. The molecule has 1 N–H and O–H groups in total. The van der Waals surface area contributed by atoms with Gasteiger partial charge in [0, 0.05) is 52.1 Å². The van der Waals surface area contributed by atoms with Gasteiger partial charge in [-0.25, -0.2) is 14.1 Å². The van der Waals surface area contributed by atoms with Gasteiger partial charge in [0.25, 0.3) is 5.91 Å². The molecule has 2 aliphatic rings. The summed E-state index contributed by atoms with van der Waals surface area (Å²) < 4.78 is 82.0. The molecule has 2 aliphatic heterocycles. The number of aromatic nitrogens is 2. The van der Waals surface area contributed by atoms with Gasteiger partial charge in [-0.15, -0.1) is 0 Å². The quantitative estimate of drug-likeness (QED) is 0.255. The molecule has 2 fully saturated rings. The van der Waals surface area contributed by atoms with E-state index in [2.05, 4.69) is 14.9 Å². The molecule has 3 aromatic rings. The van der Waals surface area contributed by atoms with Crippen molar-refractivity contribution in [3.63, 3.8) is 0 Å². The molecular weight excluding hydrogens is 648 g/mol. The van der Waals surface area contributed by atoms with Gasteiger partial charge < -0.3 is 23.8 Å². The van der Waals surface area contributed by atoms with Crippen molar-refractivity contribution in [2.75, 3.05) is 46.4 Å². The molecule has 48 heavy (non-hydrogen) atoms. The molecule has 12 nitrogen and oxygen atoms in total. The van der Waals surface area contributed by atoms with Gasteiger partial charge in [-0.3, -0.25) is 9.78 Å². The molecule has 0 radical (unpaired) electrons. The maximum absolute atomic E-state index is 15.1.